The van der Waals surface area contributed by atoms with Crippen LogP contribution in [0.3, 0.4) is 0 Å². The topological polar surface area (TPSA) is 117 Å². The van der Waals surface area contributed by atoms with Gasteiger partial charge < -0.3 is 19.7 Å². The Labute approximate surface area is 198 Å². The minimum absolute atomic E-state index is 0.130. The molecular formula is C25H18BrNO6. The van der Waals surface area contributed by atoms with Crippen LogP contribution in [0.4, 0.5) is 0 Å². The van der Waals surface area contributed by atoms with Crippen LogP contribution in [-0.4, -0.2) is 29.3 Å². The fourth-order valence-corrected chi connectivity index (χ4v) is 3.63. The molecule has 0 bridgehead atoms. The van der Waals surface area contributed by atoms with Crippen molar-refractivity contribution in [1.82, 2.24) is 0 Å². The number of ether oxygens (including phenoxy) is 2. The van der Waals surface area contributed by atoms with Gasteiger partial charge in [-0.1, -0.05) is 24.3 Å². The van der Waals surface area contributed by atoms with Gasteiger partial charge in [0.25, 0.3) is 0 Å². The van der Waals surface area contributed by atoms with Gasteiger partial charge in [0, 0.05) is 0 Å². The van der Waals surface area contributed by atoms with Gasteiger partial charge in [0.1, 0.15) is 6.61 Å². The lowest BCUT2D eigenvalue weighted by Crippen LogP contribution is -2.02. The molecule has 0 spiro atoms. The van der Waals surface area contributed by atoms with E-state index in [1.165, 1.54) is 31.4 Å². The number of carboxylic acids is 2. The highest BCUT2D eigenvalue weighted by molar-refractivity contribution is 9.10. The maximum atomic E-state index is 11.2. The summed E-state index contributed by atoms with van der Waals surface area (Å²) >= 11 is 3.47. The Morgan fingerprint density at radius 1 is 1.00 bits per heavy atom. The molecule has 0 atom stereocenters. The third kappa shape index (κ3) is 5.79. The van der Waals surface area contributed by atoms with Gasteiger partial charge in [0.2, 0.25) is 0 Å². The van der Waals surface area contributed by atoms with Crippen LogP contribution in [0.25, 0.3) is 11.6 Å². The highest BCUT2D eigenvalue weighted by atomic mass is 79.9. The van der Waals surface area contributed by atoms with Crippen molar-refractivity contribution in [3.05, 3.63) is 93.0 Å². The van der Waals surface area contributed by atoms with Crippen LogP contribution in [-0.2, 0) is 6.61 Å². The molecule has 0 unspecified atom stereocenters. The molecule has 0 saturated heterocycles. The predicted octanol–water partition coefficient (Wildman–Crippen LogP) is 5.50. The van der Waals surface area contributed by atoms with E-state index in [1.54, 1.807) is 42.5 Å². The molecule has 0 amide bonds. The molecule has 166 valence electrons. The first-order chi connectivity index (χ1) is 15.8. The average Bonchev–Trinajstić information content (AvgIpc) is 2.81. The summed E-state index contributed by atoms with van der Waals surface area (Å²) in [4.78, 5) is 22.2. The monoisotopic (exact) mass is 507 g/mol. The Balaban J connectivity index is 1.87. The molecule has 0 radical (unpaired) electrons. The van der Waals surface area contributed by atoms with E-state index in [0.717, 1.165) is 0 Å². The number of nitrogens with zero attached hydrogens (tertiary/aromatic N) is 1. The van der Waals surface area contributed by atoms with E-state index in [-0.39, 0.29) is 17.7 Å². The van der Waals surface area contributed by atoms with Crippen LogP contribution < -0.4 is 9.47 Å². The number of aromatic carboxylic acids is 2. The van der Waals surface area contributed by atoms with Crippen molar-refractivity contribution in [1.29, 1.82) is 5.26 Å². The quantitative estimate of drug-likeness (QED) is 0.305. The van der Waals surface area contributed by atoms with Crippen molar-refractivity contribution >= 4 is 39.5 Å². The maximum absolute atomic E-state index is 11.2. The lowest BCUT2D eigenvalue weighted by atomic mass is 10.0. The SMILES string of the molecule is COc1cc(/C=C(/C#N)c2ccc(C(=O)O)cc2)cc(Br)c1OCc1cccc(C(=O)O)c1. The van der Waals surface area contributed by atoms with E-state index in [4.69, 9.17) is 19.7 Å². The molecule has 0 aliphatic heterocycles. The van der Waals surface area contributed by atoms with Gasteiger partial charge >= 0.3 is 11.9 Å². The number of benzene rings is 3. The van der Waals surface area contributed by atoms with Crippen LogP contribution in [0.2, 0.25) is 0 Å². The minimum Gasteiger partial charge on any atom is -0.493 e. The Kier molecular flexibility index (Phi) is 7.49. The van der Waals surface area contributed by atoms with Gasteiger partial charge in [-0.15, -0.1) is 0 Å². The van der Waals surface area contributed by atoms with Crippen molar-refractivity contribution in [2.24, 2.45) is 0 Å². The van der Waals surface area contributed by atoms with Crippen molar-refractivity contribution < 1.29 is 29.3 Å². The number of carbonyl (C=O) groups is 2. The van der Waals surface area contributed by atoms with E-state index in [0.29, 0.717) is 38.2 Å². The summed E-state index contributed by atoms with van der Waals surface area (Å²) in [6.07, 6.45) is 1.66. The smallest absolute Gasteiger partial charge is 0.335 e. The molecule has 0 heterocycles. The first-order valence-corrected chi connectivity index (χ1v) is 10.4. The van der Waals surface area contributed by atoms with Crippen LogP contribution in [0.1, 0.15) is 37.4 Å². The number of carboxylic acid groups (broad SMARTS) is 2. The zero-order chi connectivity index (χ0) is 24.0. The second kappa shape index (κ2) is 10.5. The Morgan fingerprint density at radius 2 is 1.67 bits per heavy atom. The lowest BCUT2D eigenvalue weighted by Gasteiger charge is -2.14. The maximum Gasteiger partial charge on any atom is 0.335 e. The second-order valence-corrected chi connectivity index (χ2v) is 7.73. The summed E-state index contributed by atoms with van der Waals surface area (Å²) in [7, 11) is 1.49. The molecule has 33 heavy (non-hydrogen) atoms. The average molecular weight is 508 g/mol. The van der Waals surface area contributed by atoms with Crippen LogP contribution in [0.5, 0.6) is 11.5 Å². The third-order valence-corrected chi connectivity index (χ3v) is 5.27. The van der Waals surface area contributed by atoms with E-state index >= 15 is 0 Å². The summed E-state index contributed by atoms with van der Waals surface area (Å²) < 4.78 is 11.9. The van der Waals surface area contributed by atoms with E-state index in [9.17, 15) is 14.9 Å². The van der Waals surface area contributed by atoms with Gasteiger partial charge in [-0.2, -0.15) is 5.26 Å². The van der Waals surface area contributed by atoms with Gasteiger partial charge in [0.15, 0.2) is 11.5 Å². The lowest BCUT2D eigenvalue weighted by molar-refractivity contribution is 0.0686. The summed E-state index contributed by atoms with van der Waals surface area (Å²) in [6, 6.07) is 18.1. The number of methoxy groups -OCH3 is 1. The van der Waals surface area contributed by atoms with E-state index in [1.807, 2.05) is 0 Å². The first-order valence-electron chi connectivity index (χ1n) is 9.60. The second-order valence-electron chi connectivity index (χ2n) is 6.88. The summed E-state index contributed by atoms with van der Waals surface area (Å²) in [5.41, 5.74) is 2.58. The normalized spacial score (nSPS) is 10.9. The molecule has 7 nitrogen and oxygen atoms in total. The fourth-order valence-electron chi connectivity index (χ4n) is 3.05. The van der Waals surface area contributed by atoms with Crippen molar-refractivity contribution in [3.8, 4) is 17.6 Å². The molecule has 0 aliphatic carbocycles. The zero-order valence-corrected chi connectivity index (χ0v) is 19.0. The number of halogens is 1. The van der Waals surface area contributed by atoms with Crippen molar-refractivity contribution in [2.75, 3.05) is 7.11 Å². The molecule has 2 N–H and O–H groups in total. The standard InChI is InChI=1S/C25H18BrNO6/c1-32-22-12-16(10-20(13-27)17-5-7-18(8-6-17)24(28)29)11-21(26)23(22)33-14-15-3-2-4-19(9-15)25(30)31/h2-12H,14H2,1H3,(H,28,29)(H,30,31)/b20-10-. The molecule has 0 fully saturated rings. The summed E-state index contributed by atoms with van der Waals surface area (Å²) in [5.74, 6) is -1.20. The number of hydrogen-bond acceptors (Lipinski definition) is 5. The first kappa shape index (κ1) is 23.6. The molecule has 0 saturated carbocycles. The Bertz CT molecular complexity index is 1280. The van der Waals surface area contributed by atoms with Crippen LogP contribution in [0.15, 0.2) is 65.1 Å². The zero-order valence-electron chi connectivity index (χ0n) is 17.4. The van der Waals surface area contributed by atoms with Gasteiger partial charge in [-0.25, -0.2) is 9.59 Å². The van der Waals surface area contributed by atoms with Crippen molar-refractivity contribution in [3.63, 3.8) is 0 Å². The molecule has 3 rings (SSSR count). The Hall–Kier alpha value is -4.09. The molecule has 0 aliphatic rings. The molecule has 3 aromatic rings. The largest absolute Gasteiger partial charge is 0.493 e. The fraction of sp³-hybridized carbons (Fsp3) is 0.0800. The van der Waals surface area contributed by atoms with Gasteiger partial charge in [-0.05, 0) is 75.1 Å². The molecule has 3 aromatic carbocycles. The summed E-state index contributed by atoms with van der Waals surface area (Å²) in [6.45, 7) is 0.130. The number of nitriles is 1. The predicted molar refractivity (Wildman–Crippen MR) is 125 cm³/mol. The third-order valence-electron chi connectivity index (χ3n) is 4.68. The van der Waals surface area contributed by atoms with Gasteiger partial charge in [-0.3, -0.25) is 0 Å². The van der Waals surface area contributed by atoms with E-state index in [2.05, 4.69) is 22.0 Å². The molecule has 8 heteroatoms. The molecule has 0 aromatic heterocycles. The van der Waals surface area contributed by atoms with E-state index < -0.39 is 11.9 Å². The van der Waals surface area contributed by atoms with Crippen LogP contribution in [0, 0.1) is 11.3 Å². The van der Waals surface area contributed by atoms with Crippen molar-refractivity contribution in [2.45, 2.75) is 6.61 Å². The Morgan fingerprint density at radius 3 is 2.27 bits per heavy atom. The molecular weight excluding hydrogens is 490 g/mol. The van der Waals surface area contributed by atoms with Crippen LogP contribution >= 0.6 is 15.9 Å². The van der Waals surface area contributed by atoms with Gasteiger partial charge in [0.05, 0.1) is 34.4 Å². The minimum atomic E-state index is -1.04. The number of hydrogen-bond donors (Lipinski definition) is 2. The number of allylic oxidation sites excluding steroid dienone is 1. The highest BCUT2D eigenvalue weighted by Crippen LogP contribution is 2.38. The summed E-state index contributed by atoms with van der Waals surface area (Å²) in [5, 5.41) is 27.8. The highest BCUT2D eigenvalue weighted by Gasteiger charge is 2.13. The number of rotatable bonds is 8.